The summed E-state index contributed by atoms with van der Waals surface area (Å²) in [6.45, 7) is 1.80. The first-order valence-corrected chi connectivity index (χ1v) is 6.16. The van der Waals surface area contributed by atoms with Gasteiger partial charge in [-0.2, -0.15) is 12.6 Å². The number of hydrogen-bond donors (Lipinski definition) is 2. The lowest BCUT2D eigenvalue weighted by molar-refractivity contribution is -0.140. The Hall–Kier alpha value is -1.07. The number of thiazole rings is 1. The first-order chi connectivity index (χ1) is 7.58. The zero-order valence-electron chi connectivity index (χ0n) is 8.67. The molecule has 0 amide bonds. The lowest BCUT2D eigenvalue weighted by Gasteiger charge is -2.18. The summed E-state index contributed by atoms with van der Waals surface area (Å²) in [6, 6.07) is 7.61. The lowest BCUT2D eigenvalue weighted by atomic mass is 10.1. The molecule has 0 aliphatic carbocycles. The molecule has 3 nitrogen and oxygen atoms in total. The maximum absolute atomic E-state index is 11.2. The Morgan fingerprint density at radius 1 is 1.56 bits per heavy atom. The summed E-state index contributed by atoms with van der Waals surface area (Å²) >= 11 is 5.65. The molecule has 0 aliphatic heterocycles. The molecule has 0 saturated heterocycles. The minimum atomic E-state index is -1.18. The van der Waals surface area contributed by atoms with Crippen LogP contribution in [-0.4, -0.2) is 16.1 Å². The monoisotopic (exact) mass is 253 g/mol. The topological polar surface area (TPSA) is 50.2 Å². The number of rotatable bonds is 3. The smallest absolute Gasteiger partial charge is 0.326 e. The molecule has 0 saturated carbocycles. The normalized spacial score (nSPS) is 14.9. The molecule has 1 aromatic carbocycles. The van der Waals surface area contributed by atoms with Gasteiger partial charge in [-0.25, -0.2) is 4.98 Å². The Morgan fingerprint density at radius 3 is 2.81 bits per heavy atom. The highest BCUT2D eigenvalue weighted by Gasteiger charge is 2.37. The molecule has 16 heavy (non-hydrogen) atoms. The largest absolute Gasteiger partial charge is 0.480 e. The van der Waals surface area contributed by atoms with Crippen molar-refractivity contribution in [3.63, 3.8) is 0 Å². The van der Waals surface area contributed by atoms with Crippen molar-refractivity contribution in [1.82, 2.24) is 4.98 Å². The first-order valence-electron chi connectivity index (χ1n) is 4.89. The highest BCUT2D eigenvalue weighted by atomic mass is 32.1. The molecule has 1 N–H and O–H groups in total. The molecule has 2 rings (SSSR count). The van der Waals surface area contributed by atoms with E-state index in [1.807, 2.05) is 24.3 Å². The van der Waals surface area contributed by atoms with E-state index in [0.29, 0.717) is 11.4 Å². The quantitative estimate of drug-likeness (QED) is 0.827. The van der Waals surface area contributed by atoms with Gasteiger partial charge in [-0.1, -0.05) is 19.1 Å². The van der Waals surface area contributed by atoms with Crippen LogP contribution in [0.15, 0.2) is 24.3 Å². The molecular weight excluding hydrogens is 242 g/mol. The predicted octanol–water partition coefficient (Wildman–Crippen LogP) is 2.92. The molecule has 1 atom stereocenters. The molecule has 1 unspecified atom stereocenters. The average Bonchev–Trinajstić information content (AvgIpc) is 2.71. The second kappa shape index (κ2) is 4.07. The fraction of sp³-hybridized carbons (Fsp3) is 0.273. The zero-order valence-corrected chi connectivity index (χ0v) is 10.4. The first kappa shape index (κ1) is 11.4. The van der Waals surface area contributed by atoms with Crippen LogP contribution in [0.25, 0.3) is 10.2 Å². The summed E-state index contributed by atoms with van der Waals surface area (Å²) in [4.78, 5) is 15.6. The molecule has 0 bridgehead atoms. The fourth-order valence-electron chi connectivity index (χ4n) is 1.44. The van der Waals surface area contributed by atoms with Crippen LogP contribution in [0.4, 0.5) is 0 Å². The number of carboxylic acids is 1. The Morgan fingerprint density at radius 2 is 2.25 bits per heavy atom. The minimum Gasteiger partial charge on any atom is -0.480 e. The zero-order chi connectivity index (χ0) is 11.8. The summed E-state index contributed by atoms with van der Waals surface area (Å²) in [5.41, 5.74) is 0.829. The SMILES string of the molecule is CCC(S)(C(=O)O)c1nc2ccccc2s1. The highest BCUT2D eigenvalue weighted by Crippen LogP contribution is 2.37. The van der Waals surface area contributed by atoms with E-state index in [-0.39, 0.29) is 0 Å². The second-order valence-electron chi connectivity index (χ2n) is 3.51. The van der Waals surface area contributed by atoms with Crippen molar-refractivity contribution in [3.8, 4) is 0 Å². The van der Waals surface area contributed by atoms with Gasteiger partial charge >= 0.3 is 5.97 Å². The van der Waals surface area contributed by atoms with Gasteiger partial charge in [0.15, 0.2) is 4.75 Å². The maximum Gasteiger partial charge on any atom is 0.326 e. The molecular formula is C11H11NO2S2. The number of carboxylic acid groups (broad SMARTS) is 1. The van der Waals surface area contributed by atoms with Gasteiger partial charge in [0.25, 0.3) is 0 Å². The molecule has 0 spiro atoms. The number of aromatic nitrogens is 1. The third-order valence-corrected chi connectivity index (χ3v) is 4.58. The van der Waals surface area contributed by atoms with Crippen molar-refractivity contribution >= 4 is 40.2 Å². The van der Waals surface area contributed by atoms with Gasteiger partial charge in [0.2, 0.25) is 0 Å². The molecule has 0 aliphatic rings. The van der Waals surface area contributed by atoms with E-state index in [0.717, 1.165) is 10.2 Å². The number of hydrogen-bond acceptors (Lipinski definition) is 4. The number of benzene rings is 1. The molecule has 5 heteroatoms. The van der Waals surface area contributed by atoms with Gasteiger partial charge in [-0.3, -0.25) is 4.79 Å². The van der Waals surface area contributed by atoms with Crippen LogP contribution in [0.3, 0.4) is 0 Å². The number of para-hydroxylation sites is 1. The standard InChI is InChI=1S/C11H11NO2S2/c1-2-11(15,10(13)14)9-12-7-5-3-4-6-8(7)16-9/h3-6,15H,2H2,1H3,(H,13,14). The third kappa shape index (κ3) is 1.70. The molecule has 0 fully saturated rings. The molecule has 1 aromatic heterocycles. The van der Waals surface area contributed by atoms with Crippen LogP contribution >= 0.6 is 24.0 Å². The summed E-state index contributed by atoms with van der Waals surface area (Å²) in [5.74, 6) is -0.947. The molecule has 84 valence electrons. The van der Waals surface area contributed by atoms with Crippen LogP contribution in [0.2, 0.25) is 0 Å². The number of carbonyl (C=O) groups is 1. The van der Waals surface area contributed by atoms with Crippen molar-refractivity contribution in [2.75, 3.05) is 0 Å². The van der Waals surface area contributed by atoms with Gasteiger partial charge in [0.1, 0.15) is 5.01 Å². The van der Waals surface area contributed by atoms with Crippen LogP contribution in [0.1, 0.15) is 18.4 Å². The lowest BCUT2D eigenvalue weighted by Crippen LogP contribution is -2.28. The Labute approximate surface area is 103 Å². The number of thiol groups is 1. The Kier molecular flexibility index (Phi) is 2.90. The third-order valence-electron chi connectivity index (χ3n) is 2.51. The van der Waals surface area contributed by atoms with Crippen LogP contribution < -0.4 is 0 Å². The highest BCUT2D eigenvalue weighted by molar-refractivity contribution is 7.82. The Balaban J connectivity index is 2.58. The van der Waals surface area contributed by atoms with Gasteiger partial charge in [-0.15, -0.1) is 11.3 Å². The van der Waals surface area contributed by atoms with Crippen molar-refractivity contribution in [2.24, 2.45) is 0 Å². The molecule has 2 aromatic rings. The molecule has 1 heterocycles. The summed E-state index contributed by atoms with van der Waals surface area (Å²) in [5, 5.41) is 9.75. The average molecular weight is 253 g/mol. The number of nitrogens with zero attached hydrogens (tertiary/aromatic N) is 1. The number of aliphatic carboxylic acids is 1. The number of fused-ring (bicyclic) bond motifs is 1. The van der Waals surface area contributed by atoms with Crippen molar-refractivity contribution in [2.45, 2.75) is 18.1 Å². The van der Waals surface area contributed by atoms with E-state index in [9.17, 15) is 9.90 Å². The van der Waals surface area contributed by atoms with Gasteiger partial charge in [0, 0.05) is 0 Å². The van der Waals surface area contributed by atoms with E-state index >= 15 is 0 Å². The van der Waals surface area contributed by atoms with Crippen molar-refractivity contribution in [1.29, 1.82) is 0 Å². The van der Waals surface area contributed by atoms with Crippen LogP contribution in [-0.2, 0) is 9.54 Å². The maximum atomic E-state index is 11.2. The minimum absolute atomic E-state index is 0.408. The summed E-state index contributed by atoms with van der Waals surface area (Å²) in [7, 11) is 0. The van der Waals surface area contributed by atoms with Crippen LogP contribution in [0, 0.1) is 0 Å². The van der Waals surface area contributed by atoms with Crippen molar-refractivity contribution < 1.29 is 9.90 Å². The molecule has 0 radical (unpaired) electrons. The Bertz CT molecular complexity index is 505. The second-order valence-corrected chi connectivity index (χ2v) is 5.30. The van der Waals surface area contributed by atoms with E-state index in [1.165, 1.54) is 11.3 Å². The van der Waals surface area contributed by atoms with E-state index in [2.05, 4.69) is 17.6 Å². The van der Waals surface area contributed by atoms with Crippen LogP contribution in [0.5, 0.6) is 0 Å². The fourth-order valence-corrected chi connectivity index (χ4v) is 2.75. The van der Waals surface area contributed by atoms with Gasteiger partial charge in [0.05, 0.1) is 10.2 Å². The van der Waals surface area contributed by atoms with E-state index in [4.69, 9.17) is 0 Å². The van der Waals surface area contributed by atoms with E-state index in [1.54, 1.807) is 6.92 Å². The van der Waals surface area contributed by atoms with Gasteiger partial charge < -0.3 is 5.11 Å². The van der Waals surface area contributed by atoms with E-state index < -0.39 is 10.7 Å². The summed E-state index contributed by atoms with van der Waals surface area (Å²) in [6.07, 6.45) is 0.408. The van der Waals surface area contributed by atoms with Crippen molar-refractivity contribution in [3.05, 3.63) is 29.3 Å². The summed E-state index contributed by atoms with van der Waals surface area (Å²) < 4.78 is -0.186. The predicted molar refractivity (Wildman–Crippen MR) is 68.2 cm³/mol. The van der Waals surface area contributed by atoms with Gasteiger partial charge in [-0.05, 0) is 18.6 Å².